The van der Waals surface area contributed by atoms with E-state index in [-0.39, 0.29) is 12.4 Å². The molecular formula is C10H13N5O4. The lowest BCUT2D eigenvalue weighted by Gasteiger charge is -2.16. The Bertz CT molecular complexity index is 603. The molecule has 1 fully saturated rings. The van der Waals surface area contributed by atoms with Gasteiger partial charge >= 0.3 is 0 Å². The highest BCUT2D eigenvalue weighted by atomic mass is 16.6. The number of nitrogen functional groups attached to an aromatic ring is 1. The van der Waals surface area contributed by atoms with Crippen molar-refractivity contribution in [1.82, 2.24) is 19.7 Å². The average molecular weight is 267 g/mol. The van der Waals surface area contributed by atoms with E-state index in [0.717, 1.165) is 0 Å². The SMILES string of the molecule is Nc1nncc2c1ncn2[C@@H]1O[C@H](CO)[C@@H](O)[C@H]1O. The molecule has 4 atom stereocenters. The van der Waals surface area contributed by atoms with E-state index in [0.29, 0.717) is 11.0 Å². The number of imidazole rings is 1. The molecule has 9 heteroatoms. The van der Waals surface area contributed by atoms with Crippen LogP contribution in [0.25, 0.3) is 11.0 Å². The van der Waals surface area contributed by atoms with E-state index in [1.165, 1.54) is 17.1 Å². The lowest BCUT2D eigenvalue weighted by molar-refractivity contribution is -0.0509. The van der Waals surface area contributed by atoms with Gasteiger partial charge in [-0.05, 0) is 0 Å². The molecule has 2 aromatic heterocycles. The molecule has 0 saturated carbocycles. The van der Waals surface area contributed by atoms with E-state index >= 15 is 0 Å². The van der Waals surface area contributed by atoms with Gasteiger partial charge in [-0.15, -0.1) is 5.10 Å². The number of anilines is 1. The van der Waals surface area contributed by atoms with Crippen LogP contribution in [0.3, 0.4) is 0 Å². The molecule has 1 saturated heterocycles. The van der Waals surface area contributed by atoms with Crippen LogP contribution in [0.2, 0.25) is 0 Å². The van der Waals surface area contributed by atoms with E-state index in [9.17, 15) is 10.2 Å². The molecule has 9 nitrogen and oxygen atoms in total. The molecule has 3 rings (SSSR count). The van der Waals surface area contributed by atoms with Gasteiger partial charge < -0.3 is 25.8 Å². The molecule has 0 bridgehead atoms. The summed E-state index contributed by atoms with van der Waals surface area (Å²) in [5, 5.41) is 36.1. The molecular weight excluding hydrogens is 254 g/mol. The second-order valence-corrected chi connectivity index (χ2v) is 4.34. The minimum atomic E-state index is -1.18. The van der Waals surface area contributed by atoms with E-state index < -0.39 is 24.5 Å². The smallest absolute Gasteiger partial charge is 0.174 e. The average Bonchev–Trinajstić information content (AvgIpc) is 2.94. The summed E-state index contributed by atoms with van der Waals surface area (Å²) >= 11 is 0. The summed E-state index contributed by atoms with van der Waals surface area (Å²) in [4.78, 5) is 4.07. The Morgan fingerprint density at radius 1 is 1.37 bits per heavy atom. The first-order valence-electron chi connectivity index (χ1n) is 5.69. The van der Waals surface area contributed by atoms with Crippen LogP contribution in [0.1, 0.15) is 6.23 Å². The maximum absolute atomic E-state index is 9.96. The van der Waals surface area contributed by atoms with Crippen LogP contribution < -0.4 is 5.73 Å². The van der Waals surface area contributed by atoms with Crippen LogP contribution in [-0.2, 0) is 4.74 Å². The van der Waals surface area contributed by atoms with Crippen LogP contribution in [0.4, 0.5) is 5.82 Å². The highest BCUT2D eigenvalue weighted by Crippen LogP contribution is 2.31. The Hall–Kier alpha value is -1.81. The number of aliphatic hydroxyl groups excluding tert-OH is 3. The van der Waals surface area contributed by atoms with Gasteiger partial charge in [0.25, 0.3) is 0 Å². The fourth-order valence-corrected chi connectivity index (χ4v) is 2.20. The number of fused-ring (bicyclic) bond motifs is 1. The van der Waals surface area contributed by atoms with Crippen LogP contribution in [0.5, 0.6) is 0 Å². The van der Waals surface area contributed by atoms with Gasteiger partial charge in [0.1, 0.15) is 23.8 Å². The fraction of sp³-hybridized carbons (Fsp3) is 0.500. The topological polar surface area (TPSA) is 140 Å². The summed E-state index contributed by atoms with van der Waals surface area (Å²) in [6.07, 6.45) is -1.19. The minimum absolute atomic E-state index is 0.169. The van der Waals surface area contributed by atoms with Crippen LogP contribution in [-0.4, -0.2) is 60.0 Å². The van der Waals surface area contributed by atoms with Crippen molar-refractivity contribution < 1.29 is 20.1 Å². The van der Waals surface area contributed by atoms with Gasteiger partial charge in [-0.2, -0.15) is 5.10 Å². The van der Waals surface area contributed by atoms with Gasteiger partial charge in [0.2, 0.25) is 0 Å². The van der Waals surface area contributed by atoms with Gasteiger partial charge in [-0.25, -0.2) is 4.98 Å². The number of aliphatic hydroxyl groups is 3. The van der Waals surface area contributed by atoms with Crippen LogP contribution in [0, 0.1) is 0 Å². The Morgan fingerprint density at radius 2 is 2.16 bits per heavy atom. The Balaban J connectivity index is 2.04. The summed E-state index contributed by atoms with van der Waals surface area (Å²) in [7, 11) is 0. The zero-order valence-electron chi connectivity index (χ0n) is 9.79. The van der Waals surface area contributed by atoms with E-state index in [2.05, 4.69) is 15.2 Å². The first kappa shape index (κ1) is 12.2. The quantitative estimate of drug-likeness (QED) is 0.491. The van der Waals surface area contributed by atoms with Crippen molar-refractivity contribution in [3.05, 3.63) is 12.5 Å². The number of hydrogen-bond donors (Lipinski definition) is 4. The molecule has 0 aromatic carbocycles. The summed E-state index contributed by atoms with van der Waals surface area (Å²) in [5.41, 5.74) is 6.61. The zero-order valence-corrected chi connectivity index (χ0v) is 9.79. The summed E-state index contributed by atoms with van der Waals surface area (Å²) in [6.45, 7) is -0.386. The second kappa shape index (κ2) is 4.38. The molecule has 1 aliphatic rings. The Morgan fingerprint density at radius 3 is 2.84 bits per heavy atom. The lowest BCUT2D eigenvalue weighted by atomic mass is 10.1. The maximum atomic E-state index is 9.96. The minimum Gasteiger partial charge on any atom is -0.394 e. The van der Waals surface area contributed by atoms with Crippen molar-refractivity contribution >= 4 is 16.9 Å². The first-order valence-corrected chi connectivity index (χ1v) is 5.69. The zero-order chi connectivity index (χ0) is 13.6. The maximum Gasteiger partial charge on any atom is 0.174 e. The van der Waals surface area contributed by atoms with Crippen molar-refractivity contribution in [3.63, 3.8) is 0 Å². The number of ether oxygens (including phenoxy) is 1. The third-order valence-electron chi connectivity index (χ3n) is 3.21. The molecule has 2 aromatic rings. The summed E-state index contributed by atoms with van der Waals surface area (Å²) in [5.74, 6) is 0.169. The van der Waals surface area contributed by atoms with Crippen LogP contribution in [0.15, 0.2) is 12.5 Å². The van der Waals surface area contributed by atoms with Crippen molar-refractivity contribution in [1.29, 1.82) is 0 Å². The third-order valence-corrected chi connectivity index (χ3v) is 3.21. The number of nitrogens with zero attached hydrogens (tertiary/aromatic N) is 4. The van der Waals surface area contributed by atoms with Gasteiger partial charge in [0, 0.05) is 0 Å². The normalized spacial score (nSPS) is 31.1. The molecule has 0 spiro atoms. The molecule has 0 aliphatic carbocycles. The molecule has 19 heavy (non-hydrogen) atoms. The molecule has 1 aliphatic heterocycles. The van der Waals surface area contributed by atoms with Crippen molar-refractivity contribution in [3.8, 4) is 0 Å². The van der Waals surface area contributed by atoms with Crippen molar-refractivity contribution in [2.75, 3.05) is 12.3 Å². The number of aromatic nitrogens is 4. The first-order chi connectivity index (χ1) is 9.13. The van der Waals surface area contributed by atoms with E-state index in [1.807, 2.05) is 0 Å². The molecule has 0 radical (unpaired) electrons. The molecule has 0 amide bonds. The fourth-order valence-electron chi connectivity index (χ4n) is 2.20. The van der Waals surface area contributed by atoms with Crippen molar-refractivity contribution in [2.45, 2.75) is 24.5 Å². The molecule has 3 heterocycles. The highest BCUT2D eigenvalue weighted by molar-refractivity contribution is 5.83. The van der Waals surface area contributed by atoms with Gasteiger partial charge in [-0.1, -0.05) is 0 Å². The summed E-state index contributed by atoms with van der Waals surface area (Å²) in [6, 6.07) is 0. The number of hydrogen-bond acceptors (Lipinski definition) is 8. The highest BCUT2D eigenvalue weighted by Gasteiger charge is 2.43. The Kier molecular flexibility index (Phi) is 2.82. The standard InChI is InChI=1S/C10H13N5O4/c11-9-6-4(1-13-14-9)15(3-12-6)10-8(18)7(17)5(2-16)19-10/h1,3,5,7-8,10,16-18H,2H2,(H2,11,14)/t5-,7-,8-,10-/m1/s1. The third kappa shape index (κ3) is 1.75. The van der Waals surface area contributed by atoms with Gasteiger partial charge in [0.05, 0.1) is 24.6 Å². The van der Waals surface area contributed by atoms with E-state index in [4.69, 9.17) is 15.6 Å². The summed E-state index contributed by atoms with van der Waals surface area (Å²) < 4.78 is 6.92. The predicted molar refractivity (Wildman–Crippen MR) is 62.7 cm³/mol. The van der Waals surface area contributed by atoms with Gasteiger partial charge in [0.15, 0.2) is 12.0 Å². The predicted octanol–water partition coefficient (Wildman–Crippen LogP) is -1.98. The number of rotatable bonds is 2. The van der Waals surface area contributed by atoms with Gasteiger partial charge in [-0.3, -0.25) is 4.57 Å². The molecule has 0 unspecified atom stereocenters. The molecule has 102 valence electrons. The van der Waals surface area contributed by atoms with E-state index in [1.54, 1.807) is 0 Å². The number of nitrogens with two attached hydrogens (primary N) is 1. The lowest BCUT2D eigenvalue weighted by Crippen LogP contribution is -2.33. The Labute approximate surface area is 107 Å². The van der Waals surface area contributed by atoms with Crippen molar-refractivity contribution in [2.24, 2.45) is 0 Å². The largest absolute Gasteiger partial charge is 0.394 e. The van der Waals surface area contributed by atoms with Crippen LogP contribution >= 0.6 is 0 Å². The monoisotopic (exact) mass is 267 g/mol. The second-order valence-electron chi connectivity index (χ2n) is 4.34. The molecule has 5 N–H and O–H groups in total.